The zero-order valence-electron chi connectivity index (χ0n) is 14.1. The van der Waals surface area contributed by atoms with E-state index in [1.165, 1.54) is 19.9 Å². The van der Waals surface area contributed by atoms with Crippen molar-refractivity contribution in [1.82, 2.24) is 0 Å². The molecule has 0 bridgehead atoms. The number of ketones is 1. The number of anilines is 3. The maximum atomic E-state index is 10.0. The van der Waals surface area contributed by atoms with Crippen LogP contribution in [0.1, 0.15) is 13.8 Å². The van der Waals surface area contributed by atoms with Crippen LogP contribution in [0.2, 0.25) is 0 Å². The summed E-state index contributed by atoms with van der Waals surface area (Å²) in [6.07, 6.45) is 1.17. The first-order valence-corrected chi connectivity index (χ1v) is 7.54. The number of carbonyl (C=O) groups is 1. The van der Waals surface area contributed by atoms with Crippen molar-refractivity contribution in [3.8, 4) is 11.5 Å². The van der Waals surface area contributed by atoms with Gasteiger partial charge in [-0.15, -0.1) is 6.07 Å². The molecule has 1 N–H and O–H groups in total. The summed E-state index contributed by atoms with van der Waals surface area (Å²) < 4.78 is 5.90. The molecule has 0 spiro atoms. The largest absolute Gasteiger partial charge is 0.513 e. The molecule has 0 aromatic heterocycles. The molecular weight excluding hydrogens is 496 g/mol. The van der Waals surface area contributed by atoms with Gasteiger partial charge in [0.1, 0.15) is 5.75 Å². The third-order valence-electron chi connectivity index (χ3n) is 3.56. The standard InChI is InChI=1S/C14H10N2O.C5H8O2.Ir/c1-15-9-16-10-5-2-3-7-12(10)17-13-8-4-6-11(15)14(13)16;1-4(6)3-5(2)7;/h2-4,6-9H,1H3;3,6H,1-2H3;/q-2;;/b;4-3-;. The number of rotatable bonds is 1. The number of hydrogen-bond acceptors (Lipinski definition) is 5. The number of para-hydroxylation sites is 2. The fourth-order valence-corrected chi connectivity index (χ4v) is 2.68. The van der Waals surface area contributed by atoms with Gasteiger partial charge in [0.25, 0.3) is 0 Å². The van der Waals surface area contributed by atoms with Gasteiger partial charge in [-0.2, -0.15) is 24.9 Å². The first kappa shape index (κ1) is 19.0. The molecule has 2 aliphatic rings. The predicted molar refractivity (Wildman–Crippen MR) is 93.7 cm³/mol. The van der Waals surface area contributed by atoms with E-state index in [1.54, 1.807) is 0 Å². The number of aliphatic hydroxyl groups excluding tert-OH is 1. The number of carbonyl (C=O) groups excluding carboxylic acids is 1. The van der Waals surface area contributed by atoms with Crippen LogP contribution >= 0.6 is 0 Å². The molecule has 0 saturated carbocycles. The number of aliphatic hydroxyl groups is 1. The topological polar surface area (TPSA) is 53.0 Å². The third kappa shape index (κ3) is 3.86. The number of fused-ring (bicyclic) bond motifs is 2. The molecule has 2 aromatic carbocycles. The van der Waals surface area contributed by atoms with Gasteiger partial charge in [0.2, 0.25) is 0 Å². The van der Waals surface area contributed by atoms with E-state index in [0.29, 0.717) is 0 Å². The zero-order valence-corrected chi connectivity index (χ0v) is 16.5. The molecule has 4 rings (SSSR count). The zero-order chi connectivity index (χ0) is 17.3. The van der Waals surface area contributed by atoms with Gasteiger partial charge in [-0.1, -0.05) is 11.8 Å². The van der Waals surface area contributed by atoms with Gasteiger partial charge in [0.15, 0.2) is 5.78 Å². The summed E-state index contributed by atoms with van der Waals surface area (Å²) in [6.45, 7) is 4.91. The molecule has 6 heteroatoms. The molecular formula is C19H18IrN2O3-2. The Balaban J connectivity index is 0.000000246. The molecule has 0 fully saturated rings. The van der Waals surface area contributed by atoms with Crippen LogP contribution in [-0.2, 0) is 24.9 Å². The first-order chi connectivity index (χ1) is 11.5. The summed E-state index contributed by atoms with van der Waals surface area (Å²) in [5.41, 5.74) is 3.23. The molecule has 0 atom stereocenters. The number of allylic oxidation sites excluding steroid dienone is 2. The van der Waals surface area contributed by atoms with Crippen molar-refractivity contribution in [2.75, 3.05) is 16.8 Å². The monoisotopic (exact) mass is 515 g/mol. The van der Waals surface area contributed by atoms with Gasteiger partial charge >= 0.3 is 0 Å². The molecule has 2 aromatic rings. The normalized spacial score (nSPS) is 13.6. The molecule has 1 radical (unpaired) electrons. The number of nitrogens with zero attached hydrogens (tertiary/aromatic N) is 2. The van der Waals surface area contributed by atoms with Crippen molar-refractivity contribution in [2.45, 2.75) is 13.8 Å². The van der Waals surface area contributed by atoms with Crippen molar-refractivity contribution in [2.24, 2.45) is 0 Å². The maximum Gasteiger partial charge on any atom is 0.155 e. The Morgan fingerprint density at radius 3 is 2.60 bits per heavy atom. The van der Waals surface area contributed by atoms with Crippen LogP contribution in [0.4, 0.5) is 17.1 Å². The molecule has 133 valence electrons. The average Bonchev–Trinajstić information content (AvgIpc) is 2.86. The van der Waals surface area contributed by atoms with Gasteiger partial charge in [-0.3, -0.25) is 4.79 Å². The van der Waals surface area contributed by atoms with E-state index in [2.05, 4.69) is 28.6 Å². The number of ether oxygens (including phenoxy) is 1. The van der Waals surface area contributed by atoms with Crippen molar-refractivity contribution >= 4 is 22.8 Å². The number of benzene rings is 2. The summed E-state index contributed by atoms with van der Waals surface area (Å²) in [7, 11) is 2.04. The van der Waals surface area contributed by atoms with E-state index in [1.807, 2.05) is 37.4 Å². The summed E-state index contributed by atoms with van der Waals surface area (Å²) >= 11 is 0. The molecule has 0 amide bonds. The average molecular weight is 515 g/mol. The van der Waals surface area contributed by atoms with Crippen LogP contribution in [0.3, 0.4) is 0 Å². The van der Waals surface area contributed by atoms with E-state index in [-0.39, 0.29) is 31.6 Å². The van der Waals surface area contributed by atoms with Crippen LogP contribution in [0.15, 0.2) is 48.2 Å². The second-order valence-electron chi connectivity index (χ2n) is 5.60. The Bertz CT molecular complexity index is 816. The van der Waals surface area contributed by atoms with Crippen molar-refractivity contribution < 1.29 is 34.7 Å². The maximum absolute atomic E-state index is 10.0. The summed E-state index contributed by atoms with van der Waals surface area (Å²) in [6, 6.07) is 15.1. The van der Waals surface area contributed by atoms with Crippen molar-refractivity contribution in [3.63, 3.8) is 0 Å². The van der Waals surface area contributed by atoms with Crippen LogP contribution in [-0.4, -0.2) is 17.9 Å². The van der Waals surface area contributed by atoms with Crippen molar-refractivity contribution in [1.29, 1.82) is 0 Å². The van der Waals surface area contributed by atoms with E-state index in [9.17, 15) is 4.79 Å². The molecule has 25 heavy (non-hydrogen) atoms. The molecule has 0 saturated heterocycles. The van der Waals surface area contributed by atoms with Crippen LogP contribution in [0, 0.1) is 12.7 Å². The SMILES string of the molecule is CC(=O)/C=C(/C)O.CN1[CH-]N2c3[c-]cccc3Oc3cccc1c32.[Ir]. The van der Waals surface area contributed by atoms with E-state index >= 15 is 0 Å². The Hall–Kier alpha value is -2.30. The minimum atomic E-state index is -0.125. The first-order valence-electron chi connectivity index (χ1n) is 7.54. The summed E-state index contributed by atoms with van der Waals surface area (Å²) in [5, 5.41) is 8.36. The quantitative estimate of drug-likeness (QED) is 0.349. The van der Waals surface area contributed by atoms with Gasteiger partial charge < -0.3 is 19.6 Å². The van der Waals surface area contributed by atoms with E-state index in [4.69, 9.17) is 9.84 Å². The Morgan fingerprint density at radius 2 is 1.96 bits per heavy atom. The summed E-state index contributed by atoms with van der Waals surface area (Å²) in [5.74, 6) is 1.69. The predicted octanol–water partition coefficient (Wildman–Crippen LogP) is 4.33. The van der Waals surface area contributed by atoms with Gasteiger partial charge in [-0.25, -0.2) is 0 Å². The van der Waals surface area contributed by atoms with Gasteiger partial charge in [0.05, 0.1) is 11.4 Å². The van der Waals surface area contributed by atoms with E-state index < -0.39 is 0 Å². The molecule has 2 aliphatic heterocycles. The van der Waals surface area contributed by atoms with Crippen molar-refractivity contribution in [3.05, 3.63) is 61.0 Å². The second-order valence-corrected chi connectivity index (χ2v) is 5.60. The van der Waals surface area contributed by atoms with Crippen LogP contribution in [0.5, 0.6) is 11.5 Å². The fraction of sp³-hybridized carbons (Fsp3) is 0.158. The summed E-state index contributed by atoms with van der Waals surface area (Å²) in [4.78, 5) is 14.2. The molecule has 5 nitrogen and oxygen atoms in total. The van der Waals surface area contributed by atoms with Crippen LogP contribution in [0.25, 0.3) is 0 Å². The van der Waals surface area contributed by atoms with Gasteiger partial charge in [-0.05, 0) is 33.0 Å². The Labute approximate surface area is 160 Å². The smallest absolute Gasteiger partial charge is 0.155 e. The molecule has 2 heterocycles. The Kier molecular flexibility index (Phi) is 5.88. The third-order valence-corrected chi connectivity index (χ3v) is 3.56. The molecule has 0 aliphatic carbocycles. The van der Waals surface area contributed by atoms with Crippen LogP contribution < -0.4 is 14.5 Å². The molecule has 0 unspecified atom stereocenters. The van der Waals surface area contributed by atoms with Gasteiger partial charge in [0, 0.05) is 37.6 Å². The number of hydrogen-bond donors (Lipinski definition) is 1. The minimum absolute atomic E-state index is 0. The minimum Gasteiger partial charge on any atom is -0.513 e. The second kappa shape index (κ2) is 7.72. The Morgan fingerprint density at radius 1 is 1.24 bits per heavy atom. The fourth-order valence-electron chi connectivity index (χ4n) is 2.68. The van der Waals surface area contributed by atoms with E-state index in [0.717, 1.165) is 28.6 Å².